The Bertz CT molecular complexity index is 864. The number of hydrogen-bond acceptors (Lipinski definition) is 6. The second kappa shape index (κ2) is 5.08. The monoisotopic (exact) mass is 307 g/mol. The second-order valence-corrected chi connectivity index (χ2v) is 5.87. The minimum Gasteiger partial charge on any atom is -0.364 e. The third-order valence-electron chi connectivity index (χ3n) is 4.15. The molecular weight excluding hydrogens is 290 g/mol. The Balaban J connectivity index is 1.88. The molecule has 0 atom stereocenters. The van der Waals surface area contributed by atoms with Crippen molar-refractivity contribution in [3.63, 3.8) is 0 Å². The first kappa shape index (κ1) is 13.8. The molecule has 6 nitrogen and oxygen atoms in total. The predicted octanol–water partition coefficient (Wildman–Crippen LogP) is 0.968. The summed E-state index contributed by atoms with van der Waals surface area (Å²) in [7, 11) is 3.99. The fraction of sp³-hybridized carbons (Fsp3) is 0.235. The van der Waals surface area contributed by atoms with E-state index in [-0.39, 0.29) is 5.56 Å². The molecule has 0 unspecified atom stereocenters. The number of aliphatic imine (C=N–C) groups is 1. The first-order chi connectivity index (χ1) is 11.1. The van der Waals surface area contributed by atoms with Crippen molar-refractivity contribution in [1.29, 1.82) is 0 Å². The summed E-state index contributed by atoms with van der Waals surface area (Å²) in [5, 5.41) is 3.21. The standard InChI is InChI=1S/C17H17N5O/c1-21(2)14-9-11(5-7-18-14)17-19-10-12-3-4-15(23)20-13-6-8-22(17)16(12)13/h3-5,7,9-10,18H,6,8H2,1-2H3. The summed E-state index contributed by atoms with van der Waals surface area (Å²) in [6.07, 6.45) is 8.59. The van der Waals surface area contributed by atoms with Gasteiger partial charge in [-0.05, 0) is 18.2 Å². The van der Waals surface area contributed by atoms with E-state index >= 15 is 0 Å². The van der Waals surface area contributed by atoms with Crippen LogP contribution >= 0.6 is 0 Å². The minimum atomic E-state index is -0.199. The lowest BCUT2D eigenvalue weighted by Gasteiger charge is -2.27. The Morgan fingerprint density at radius 3 is 3.00 bits per heavy atom. The summed E-state index contributed by atoms with van der Waals surface area (Å²) in [5.74, 6) is 1.91. The Labute approximate surface area is 134 Å². The molecule has 3 aliphatic rings. The van der Waals surface area contributed by atoms with Crippen LogP contribution in [0.1, 0.15) is 11.3 Å². The van der Waals surface area contributed by atoms with Gasteiger partial charge in [-0.2, -0.15) is 0 Å². The Hall–Kier alpha value is -2.89. The summed E-state index contributed by atoms with van der Waals surface area (Å²) in [6, 6.07) is 3.31. The zero-order valence-corrected chi connectivity index (χ0v) is 13.1. The number of aromatic nitrogens is 1. The molecule has 0 fully saturated rings. The molecule has 0 radical (unpaired) electrons. The molecule has 3 aliphatic heterocycles. The molecule has 0 spiro atoms. The fourth-order valence-corrected chi connectivity index (χ4v) is 3.04. The van der Waals surface area contributed by atoms with Crippen LogP contribution in [-0.4, -0.2) is 36.7 Å². The molecule has 4 heterocycles. The molecule has 0 aromatic carbocycles. The molecule has 4 rings (SSSR count). The second-order valence-electron chi connectivity index (χ2n) is 5.87. The van der Waals surface area contributed by atoms with Gasteiger partial charge >= 0.3 is 0 Å². The topological polar surface area (TPSA) is 60.8 Å². The van der Waals surface area contributed by atoms with Gasteiger partial charge in [0.1, 0.15) is 11.6 Å². The number of nitrogens with one attached hydrogen (secondary N) is 1. The van der Waals surface area contributed by atoms with Crippen molar-refractivity contribution >= 4 is 11.9 Å². The van der Waals surface area contributed by atoms with Crippen LogP contribution in [0.15, 0.2) is 57.5 Å². The van der Waals surface area contributed by atoms with E-state index in [2.05, 4.69) is 26.3 Å². The molecule has 0 saturated heterocycles. The molecular formula is C17H17N5O. The number of hydrogen-bond donors (Lipinski definition) is 1. The molecule has 0 bridgehead atoms. The summed E-state index contributed by atoms with van der Waals surface area (Å²) >= 11 is 0. The smallest absolute Gasteiger partial charge is 0.270 e. The normalized spacial score (nSPS) is 21.0. The maximum atomic E-state index is 11.7. The van der Waals surface area contributed by atoms with Gasteiger partial charge in [-0.1, -0.05) is 0 Å². The average molecular weight is 307 g/mol. The van der Waals surface area contributed by atoms with Gasteiger partial charge < -0.3 is 15.1 Å². The summed E-state index contributed by atoms with van der Waals surface area (Å²) in [5.41, 5.74) is 3.66. The Kier molecular flexibility index (Phi) is 3.04. The van der Waals surface area contributed by atoms with Gasteiger partial charge in [0.15, 0.2) is 0 Å². The van der Waals surface area contributed by atoms with Crippen molar-refractivity contribution < 1.29 is 0 Å². The first-order valence-corrected chi connectivity index (χ1v) is 7.56. The molecule has 1 aromatic rings. The van der Waals surface area contributed by atoms with E-state index in [0.29, 0.717) is 0 Å². The van der Waals surface area contributed by atoms with E-state index in [1.807, 2.05) is 37.5 Å². The van der Waals surface area contributed by atoms with E-state index in [1.54, 1.807) is 6.07 Å². The molecule has 0 amide bonds. The Morgan fingerprint density at radius 2 is 2.17 bits per heavy atom. The highest BCUT2D eigenvalue weighted by Crippen LogP contribution is 2.36. The van der Waals surface area contributed by atoms with Crippen LogP contribution in [0.25, 0.3) is 0 Å². The van der Waals surface area contributed by atoms with Crippen LogP contribution in [-0.2, 0) is 6.42 Å². The zero-order chi connectivity index (χ0) is 16.0. The molecule has 6 heteroatoms. The molecule has 116 valence electrons. The van der Waals surface area contributed by atoms with E-state index in [4.69, 9.17) is 0 Å². The van der Waals surface area contributed by atoms with Crippen molar-refractivity contribution in [1.82, 2.24) is 15.2 Å². The van der Waals surface area contributed by atoms with Gasteiger partial charge in [-0.15, -0.1) is 0 Å². The Morgan fingerprint density at radius 1 is 1.30 bits per heavy atom. The van der Waals surface area contributed by atoms with Crippen LogP contribution in [0.2, 0.25) is 0 Å². The zero-order valence-electron chi connectivity index (χ0n) is 13.1. The lowest BCUT2D eigenvalue weighted by atomic mass is 10.1. The maximum absolute atomic E-state index is 11.7. The van der Waals surface area contributed by atoms with Crippen molar-refractivity contribution in [2.45, 2.75) is 6.42 Å². The molecule has 0 aliphatic carbocycles. The third-order valence-corrected chi connectivity index (χ3v) is 4.15. The minimum absolute atomic E-state index is 0.199. The number of anilines is 1. The van der Waals surface area contributed by atoms with E-state index in [0.717, 1.165) is 47.1 Å². The van der Waals surface area contributed by atoms with Crippen molar-refractivity contribution in [2.24, 2.45) is 4.99 Å². The van der Waals surface area contributed by atoms with Crippen molar-refractivity contribution in [3.05, 3.63) is 69.3 Å². The lowest BCUT2D eigenvalue weighted by Crippen LogP contribution is -2.27. The number of rotatable bonds is 1. The van der Waals surface area contributed by atoms with Crippen molar-refractivity contribution in [3.8, 4) is 0 Å². The third kappa shape index (κ3) is 2.23. The van der Waals surface area contributed by atoms with Crippen LogP contribution < -0.4 is 15.8 Å². The van der Waals surface area contributed by atoms with E-state index < -0.39 is 0 Å². The maximum Gasteiger partial charge on any atom is 0.270 e. The SMILES string of the molecule is CN(C)C1=CC(=C2N=Cc3ccc(=O)nc4c3N2CC4)C=CN1. The van der Waals surface area contributed by atoms with Gasteiger partial charge in [0.25, 0.3) is 5.56 Å². The number of dihydropyridines is 1. The van der Waals surface area contributed by atoms with Gasteiger partial charge in [0, 0.05) is 56.7 Å². The van der Waals surface area contributed by atoms with E-state index in [1.165, 1.54) is 6.07 Å². The molecule has 23 heavy (non-hydrogen) atoms. The van der Waals surface area contributed by atoms with Gasteiger partial charge in [-0.3, -0.25) is 4.79 Å². The van der Waals surface area contributed by atoms with Gasteiger partial charge in [-0.25, -0.2) is 9.98 Å². The van der Waals surface area contributed by atoms with Crippen LogP contribution in [0, 0.1) is 0 Å². The predicted molar refractivity (Wildman–Crippen MR) is 90.2 cm³/mol. The summed E-state index contributed by atoms with van der Waals surface area (Å²) < 4.78 is 0. The highest BCUT2D eigenvalue weighted by Gasteiger charge is 2.29. The quantitative estimate of drug-likeness (QED) is 0.838. The fourth-order valence-electron chi connectivity index (χ4n) is 3.04. The molecule has 1 N–H and O–H groups in total. The highest BCUT2D eigenvalue weighted by atomic mass is 16.1. The van der Waals surface area contributed by atoms with Gasteiger partial charge in [0.2, 0.25) is 0 Å². The van der Waals surface area contributed by atoms with Gasteiger partial charge in [0.05, 0.1) is 11.4 Å². The van der Waals surface area contributed by atoms with Crippen LogP contribution in [0.3, 0.4) is 0 Å². The molecule has 0 saturated carbocycles. The summed E-state index contributed by atoms with van der Waals surface area (Å²) in [4.78, 5) is 24.7. The number of allylic oxidation sites excluding steroid dienone is 3. The average Bonchev–Trinajstić information content (AvgIpc) is 2.89. The first-order valence-electron chi connectivity index (χ1n) is 7.56. The molecule has 1 aromatic heterocycles. The summed E-state index contributed by atoms with van der Waals surface area (Å²) in [6.45, 7) is 0.793. The largest absolute Gasteiger partial charge is 0.364 e. The van der Waals surface area contributed by atoms with Crippen LogP contribution in [0.5, 0.6) is 0 Å². The lowest BCUT2D eigenvalue weighted by molar-refractivity contribution is 0.480. The van der Waals surface area contributed by atoms with Crippen molar-refractivity contribution in [2.75, 3.05) is 25.5 Å². The van der Waals surface area contributed by atoms with E-state index in [9.17, 15) is 4.79 Å². The van der Waals surface area contributed by atoms with Crippen LogP contribution in [0.4, 0.5) is 5.69 Å². The highest BCUT2D eigenvalue weighted by molar-refractivity contribution is 5.93. The number of nitrogens with zero attached hydrogens (tertiary/aromatic N) is 4.